The average Bonchev–Trinajstić information content (AvgIpc) is 2.57. The zero-order valence-electron chi connectivity index (χ0n) is 6.90. The minimum absolute atomic E-state index is 0.710. The number of aromatic nitrogens is 4. The summed E-state index contributed by atoms with van der Waals surface area (Å²) in [6.07, 6.45) is 5.04. The van der Waals surface area contributed by atoms with E-state index in [0.717, 1.165) is 16.4 Å². The predicted molar refractivity (Wildman–Crippen MR) is 52.6 cm³/mol. The molecule has 2 heterocycles. The van der Waals surface area contributed by atoms with E-state index < -0.39 is 0 Å². The van der Waals surface area contributed by atoms with E-state index in [9.17, 15) is 0 Å². The van der Waals surface area contributed by atoms with Crippen LogP contribution >= 0.6 is 11.8 Å². The quantitative estimate of drug-likeness (QED) is 0.593. The lowest BCUT2D eigenvalue weighted by molar-refractivity contribution is 1.07. The van der Waals surface area contributed by atoms with Gasteiger partial charge in [0.2, 0.25) is 0 Å². The topological polar surface area (TPSA) is 54.5 Å². The monoisotopic (exact) mass is 192 g/mol. The minimum atomic E-state index is 0.710. The lowest BCUT2D eigenvalue weighted by Gasteiger charge is -1.87. The fraction of sp³-hybridized carbons (Fsp3) is 0.125. The molecule has 0 amide bonds. The second-order valence-electron chi connectivity index (χ2n) is 2.40. The first-order valence-corrected chi connectivity index (χ1v) is 4.78. The molecule has 0 atom stereocenters. The van der Waals surface area contributed by atoms with Crippen LogP contribution in [0.2, 0.25) is 0 Å². The number of fused-ring (bicyclic) bond motifs is 1. The van der Waals surface area contributed by atoms with Crippen molar-refractivity contribution in [2.75, 3.05) is 5.75 Å². The molecular formula is C8H8N4S. The molecule has 0 aliphatic heterocycles. The second-order valence-corrected chi connectivity index (χ2v) is 3.41. The molecule has 0 saturated carbocycles. The van der Waals surface area contributed by atoms with E-state index in [2.05, 4.69) is 26.5 Å². The summed E-state index contributed by atoms with van der Waals surface area (Å²) < 4.78 is 0. The van der Waals surface area contributed by atoms with Gasteiger partial charge >= 0.3 is 0 Å². The van der Waals surface area contributed by atoms with Crippen LogP contribution in [0.3, 0.4) is 0 Å². The Balaban J connectivity index is 2.32. The molecule has 4 nitrogen and oxygen atoms in total. The van der Waals surface area contributed by atoms with Gasteiger partial charge in [0, 0.05) is 5.75 Å². The zero-order valence-corrected chi connectivity index (χ0v) is 7.71. The van der Waals surface area contributed by atoms with Gasteiger partial charge in [-0.2, -0.15) is 0 Å². The maximum Gasteiger partial charge on any atom is 0.181 e. The molecule has 5 heteroatoms. The molecule has 0 aliphatic rings. The van der Waals surface area contributed by atoms with Crippen molar-refractivity contribution < 1.29 is 0 Å². The summed E-state index contributed by atoms with van der Waals surface area (Å²) in [5, 5.41) is 0.857. The SMILES string of the molecule is C=CCSc1nc2ncncc2[nH]1. The highest BCUT2D eigenvalue weighted by Crippen LogP contribution is 2.16. The molecule has 0 unspecified atom stereocenters. The molecule has 2 aromatic heterocycles. The van der Waals surface area contributed by atoms with E-state index in [1.165, 1.54) is 6.33 Å². The fourth-order valence-electron chi connectivity index (χ4n) is 0.946. The molecule has 1 N–H and O–H groups in total. The molecule has 0 bridgehead atoms. The maximum absolute atomic E-state index is 4.26. The van der Waals surface area contributed by atoms with Crippen molar-refractivity contribution in [1.29, 1.82) is 0 Å². The molecule has 2 rings (SSSR count). The number of hydrogen-bond acceptors (Lipinski definition) is 4. The lowest BCUT2D eigenvalue weighted by atomic mass is 10.6. The third-order valence-electron chi connectivity index (χ3n) is 1.48. The third-order valence-corrected chi connectivity index (χ3v) is 2.35. The van der Waals surface area contributed by atoms with E-state index in [-0.39, 0.29) is 0 Å². The Morgan fingerprint density at radius 2 is 2.54 bits per heavy atom. The summed E-state index contributed by atoms with van der Waals surface area (Å²) >= 11 is 1.59. The summed E-state index contributed by atoms with van der Waals surface area (Å²) in [5.74, 6) is 0.841. The van der Waals surface area contributed by atoms with E-state index in [1.54, 1.807) is 18.0 Å². The van der Waals surface area contributed by atoms with Crippen LogP contribution < -0.4 is 0 Å². The van der Waals surface area contributed by atoms with Crippen LogP contribution in [-0.2, 0) is 0 Å². The van der Waals surface area contributed by atoms with Crippen LogP contribution in [0.4, 0.5) is 0 Å². The molecule has 0 aromatic carbocycles. The van der Waals surface area contributed by atoms with Gasteiger partial charge in [0.05, 0.1) is 6.20 Å². The first-order valence-electron chi connectivity index (χ1n) is 3.79. The van der Waals surface area contributed by atoms with Crippen molar-refractivity contribution in [1.82, 2.24) is 19.9 Å². The van der Waals surface area contributed by atoms with Crippen LogP contribution in [0.1, 0.15) is 0 Å². The summed E-state index contributed by atoms with van der Waals surface area (Å²) in [6, 6.07) is 0. The van der Waals surface area contributed by atoms with Crippen molar-refractivity contribution in [2.45, 2.75) is 5.16 Å². The molecule has 0 radical (unpaired) electrons. The highest BCUT2D eigenvalue weighted by molar-refractivity contribution is 7.99. The Labute approximate surface area is 79.5 Å². The number of rotatable bonds is 3. The number of H-pyrrole nitrogens is 1. The van der Waals surface area contributed by atoms with Crippen molar-refractivity contribution in [3.05, 3.63) is 25.2 Å². The molecule has 66 valence electrons. The Hall–Kier alpha value is -1.36. The zero-order chi connectivity index (χ0) is 9.10. The number of hydrogen-bond donors (Lipinski definition) is 1. The number of thioether (sulfide) groups is 1. The Morgan fingerprint density at radius 3 is 3.31 bits per heavy atom. The van der Waals surface area contributed by atoms with Gasteiger partial charge in [-0.1, -0.05) is 17.8 Å². The summed E-state index contributed by atoms with van der Waals surface area (Å²) in [7, 11) is 0. The van der Waals surface area contributed by atoms with Crippen molar-refractivity contribution >= 4 is 22.9 Å². The lowest BCUT2D eigenvalue weighted by Crippen LogP contribution is -1.76. The molecule has 0 saturated heterocycles. The van der Waals surface area contributed by atoms with Gasteiger partial charge in [-0.3, -0.25) is 0 Å². The summed E-state index contributed by atoms with van der Waals surface area (Å²) in [5.41, 5.74) is 1.58. The van der Waals surface area contributed by atoms with Crippen molar-refractivity contribution in [2.24, 2.45) is 0 Å². The van der Waals surface area contributed by atoms with E-state index in [1.807, 2.05) is 6.08 Å². The number of imidazole rings is 1. The number of nitrogens with zero attached hydrogens (tertiary/aromatic N) is 3. The van der Waals surface area contributed by atoms with Crippen LogP contribution in [0.15, 0.2) is 30.3 Å². The van der Waals surface area contributed by atoms with Gasteiger partial charge in [0.1, 0.15) is 11.8 Å². The normalized spacial score (nSPS) is 10.5. The predicted octanol–water partition coefficient (Wildman–Crippen LogP) is 1.63. The van der Waals surface area contributed by atoms with Crippen LogP contribution in [0, 0.1) is 0 Å². The first-order chi connectivity index (χ1) is 6.40. The van der Waals surface area contributed by atoms with Crippen molar-refractivity contribution in [3.63, 3.8) is 0 Å². The first kappa shape index (κ1) is 8.25. The Kier molecular flexibility index (Phi) is 2.27. The van der Waals surface area contributed by atoms with E-state index >= 15 is 0 Å². The third kappa shape index (κ3) is 1.70. The van der Waals surface area contributed by atoms with Crippen molar-refractivity contribution in [3.8, 4) is 0 Å². The molecule has 0 spiro atoms. The molecule has 0 fully saturated rings. The van der Waals surface area contributed by atoms with E-state index in [0.29, 0.717) is 5.65 Å². The van der Waals surface area contributed by atoms with Gasteiger partial charge in [-0.05, 0) is 0 Å². The molecule has 2 aromatic rings. The molecule has 13 heavy (non-hydrogen) atoms. The largest absolute Gasteiger partial charge is 0.330 e. The maximum atomic E-state index is 4.26. The number of aromatic amines is 1. The van der Waals surface area contributed by atoms with Crippen LogP contribution in [0.25, 0.3) is 11.2 Å². The standard InChI is InChI=1S/C8H8N4S/c1-2-3-13-8-11-6-4-9-5-10-7(6)12-8/h2,4-5H,1,3H2,(H,9,10,11,12). The highest BCUT2D eigenvalue weighted by atomic mass is 32.2. The van der Waals surface area contributed by atoms with Gasteiger partial charge < -0.3 is 4.98 Å². The smallest absolute Gasteiger partial charge is 0.181 e. The fourth-order valence-corrected chi connectivity index (χ4v) is 1.55. The van der Waals surface area contributed by atoms with Gasteiger partial charge in [-0.25, -0.2) is 15.0 Å². The molecular weight excluding hydrogens is 184 g/mol. The molecule has 0 aliphatic carbocycles. The second kappa shape index (κ2) is 3.57. The van der Waals surface area contributed by atoms with Gasteiger partial charge in [0.25, 0.3) is 0 Å². The summed E-state index contributed by atoms with van der Waals surface area (Å²) in [6.45, 7) is 3.64. The Bertz CT molecular complexity index is 390. The summed E-state index contributed by atoms with van der Waals surface area (Å²) in [4.78, 5) is 15.3. The van der Waals surface area contributed by atoms with Gasteiger partial charge in [-0.15, -0.1) is 6.58 Å². The Morgan fingerprint density at radius 1 is 1.62 bits per heavy atom. The minimum Gasteiger partial charge on any atom is -0.330 e. The average molecular weight is 192 g/mol. The van der Waals surface area contributed by atoms with Crippen LogP contribution in [0.5, 0.6) is 0 Å². The highest BCUT2D eigenvalue weighted by Gasteiger charge is 2.01. The van der Waals surface area contributed by atoms with Gasteiger partial charge in [0.15, 0.2) is 10.8 Å². The van der Waals surface area contributed by atoms with E-state index in [4.69, 9.17) is 0 Å². The number of nitrogens with one attached hydrogen (secondary N) is 1. The van der Waals surface area contributed by atoms with Crippen LogP contribution in [-0.4, -0.2) is 25.7 Å².